The molecule has 7 nitrogen and oxygen atoms in total. The van der Waals surface area contributed by atoms with Crippen LogP contribution in [0.4, 0.5) is 18.0 Å². The monoisotopic (exact) mass is 431 g/mol. The minimum atomic E-state index is -1.75. The average molecular weight is 431 g/mol. The van der Waals surface area contributed by atoms with E-state index in [0.717, 1.165) is 7.11 Å². The second-order valence-electron chi connectivity index (χ2n) is 7.78. The van der Waals surface area contributed by atoms with E-state index in [-0.39, 0.29) is 26.0 Å². The third-order valence-corrected chi connectivity index (χ3v) is 4.33. The number of esters is 1. The number of ketones is 1. The van der Waals surface area contributed by atoms with E-state index in [1.807, 2.05) is 0 Å². The number of morpholine rings is 1. The highest BCUT2D eigenvalue weighted by Gasteiger charge is 2.30. The highest BCUT2D eigenvalue weighted by molar-refractivity contribution is 5.98. The van der Waals surface area contributed by atoms with E-state index in [2.05, 4.69) is 4.74 Å². The molecule has 0 spiro atoms. The predicted molar refractivity (Wildman–Crippen MR) is 98.8 cm³/mol. The minimum absolute atomic E-state index is 0.0530. The summed E-state index contributed by atoms with van der Waals surface area (Å²) in [6, 6.07) is 0.429. The van der Waals surface area contributed by atoms with E-state index < -0.39 is 58.1 Å². The van der Waals surface area contributed by atoms with E-state index in [9.17, 15) is 27.6 Å². The Morgan fingerprint density at radius 2 is 1.87 bits per heavy atom. The second kappa shape index (κ2) is 9.46. The molecule has 1 heterocycles. The minimum Gasteiger partial charge on any atom is -0.465 e. The van der Waals surface area contributed by atoms with E-state index in [1.54, 1.807) is 20.8 Å². The van der Waals surface area contributed by atoms with Gasteiger partial charge in [-0.1, -0.05) is 0 Å². The van der Waals surface area contributed by atoms with Gasteiger partial charge in [-0.15, -0.1) is 0 Å². The number of rotatable bonds is 5. The van der Waals surface area contributed by atoms with Gasteiger partial charge in [0, 0.05) is 13.0 Å². The fourth-order valence-electron chi connectivity index (χ4n) is 2.91. The third-order valence-electron chi connectivity index (χ3n) is 4.33. The number of amides is 1. The maximum atomic E-state index is 14.2. The molecule has 1 aliphatic rings. The van der Waals surface area contributed by atoms with Crippen LogP contribution in [-0.2, 0) is 14.2 Å². The molecule has 1 aliphatic heterocycles. The Hall–Kier alpha value is -2.62. The maximum Gasteiger partial charge on any atom is 0.410 e. The zero-order valence-corrected chi connectivity index (χ0v) is 17.2. The normalized spacial score (nSPS) is 16.9. The van der Waals surface area contributed by atoms with E-state index in [1.165, 1.54) is 4.90 Å². The van der Waals surface area contributed by atoms with Crippen molar-refractivity contribution in [2.45, 2.75) is 45.3 Å². The van der Waals surface area contributed by atoms with Gasteiger partial charge in [-0.3, -0.25) is 4.79 Å². The van der Waals surface area contributed by atoms with Gasteiger partial charge in [0.25, 0.3) is 0 Å². The van der Waals surface area contributed by atoms with Crippen molar-refractivity contribution in [3.05, 3.63) is 34.6 Å². The van der Waals surface area contributed by atoms with Gasteiger partial charge in [-0.25, -0.2) is 22.8 Å². The molecular formula is C20H24F3NO6. The molecule has 1 fully saturated rings. The van der Waals surface area contributed by atoms with Gasteiger partial charge >= 0.3 is 12.1 Å². The molecule has 0 N–H and O–H groups in total. The Kier molecular flexibility index (Phi) is 7.46. The van der Waals surface area contributed by atoms with Crippen LogP contribution < -0.4 is 0 Å². The molecule has 0 saturated carbocycles. The lowest BCUT2D eigenvalue weighted by Crippen LogP contribution is -2.47. The molecule has 1 amide bonds. The molecule has 166 valence electrons. The van der Waals surface area contributed by atoms with Gasteiger partial charge in [-0.2, -0.15) is 0 Å². The number of nitrogens with zero attached hydrogens (tertiary/aromatic N) is 1. The topological polar surface area (TPSA) is 82.1 Å². The van der Waals surface area contributed by atoms with Gasteiger partial charge in [0.2, 0.25) is 0 Å². The quantitative estimate of drug-likeness (QED) is 0.403. The van der Waals surface area contributed by atoms with Crippen molar-refractivity contribution >= 4 is 17.8 Å². The Morgan fingerprint density at radius 1 is 1.20 bits per heavy atom. The number of carbonyl (C=O) groups is 3. The summed E-state index contributed by atoms with van der Waals surface area (Å²) < 4.78 is 57.5. The smallest absolute Gasteiger partial charge is 0.410 e. The molecule has 1 saturated heterocycles. The SMILES string of the molecule is COC(=O)c1cc(F)c(C(=O)CC[C@H]2CN(C(=O)OC(C)(C)C)CCO2)c(F)c1F. The number of Topliss-reactive ketones (excluding diaryl/α,β-unsaturated/α-hetero) is 1. The first-order chi connectivity index (χ1) is 13.9. The summed E-state index contributed by atoms with van der Waals surface area (Å²) in [5.41, 5.74) is -2.68. The number of carbonyl (C=O) groups excluding carboxylic acids is 3. The number of benzene rings is 1. The van der Waals surface area contributed by atoms with Crippen molar-refractivity contribution < 1.29 is 41.8 Å². The van der Waals surface area contributed by atoms with Crippen LogP contribution in [0.15, 0.2) is 6.07 Å². The molecule has 10 heteroatoms. The van der Waals surface area contributed by atoms with Crippen LogP contribution in [0.25, 0.3) is 0 Å². The van der Waals surface area contributed by atoms with Crippen molar-refractivity contribution in [3.63, 3.8) is 0 Å². The molecule has 1 aromatic rings. The van der Waals surface area contributed by atoms with Gasteiger partial charge in [0.05, 0.1) is 31.9 Å². The molecular weight excluding hydrogens is 407 g/mol. The molecule has 0 aliphatic carbocycles. The Balaban J connectivity index is 2.04. The summed E-state index contributed by atoms with van der Waals surface area (Å²) in [7, 11) is 0.932. The van der Waals surface area contributed by atoms with Crippen molar-refractivity contribution in [1.29, 1.82) is 0 Å². The predicted octanol–water partition coefficient (Wildman–Crippen LogP) is 3.49. The van der Waals surface area contributed by atoms with Crippen LogP contribution in [0.2, 0.25) is 0 Å². The standard InChI is InChI=1S/C20H24F3NO6/c1-20(2,3)30-19(27)24-7-8-29-11(10-24)5-6-14(25)15-13(21)9-12(18(26)28-4)16(22)17(15)23/h9,11H,5-8,10H2,1-4H3/t11-/m0/s1. The average Bonchev–Trinajstić information content (AvgIpc) is 2.67. The van der Waals surface area contributed by atoms with Crippen LogP contribution in [0.3, 0.4) is 0 Å². The summed E-state index contributed by atoms with van der Waals surface area (Å²) in [6.45, 7) is 5.86. The van der Waals surface area contributed by atoms with Crippen LogP contribution >= 0.6 is 0 Å². The molecule has 0 bridgehead atoms. The number of halogens is 3. The van der Waals surface area contributed by atoms with Gasteiger partial charge in [-0.05, 0) is 33.3 Å². The Labute approximate surface area is 172 Å². The molecule has 30 heavy (non-hydrogen) atoms. The number of methoxy groups -OCH3 is 1. The lowest BCUT2D eigenvalue weighted by atomic mass is 10.0. The number of ether oxygens (including phenoxy) is 3. The van der Waals surface area contributed by atoms with Gasteiger partial charge in [0.1, 0.15) is 17.0 Å². The van der Waals surface area contributed by atoms with Crippen molar-refractivity contribution in [1.82, 2.24) is 4.90 Å². The van der Waals surface area contributed by atoms with Crippen molar-refractivity contribution in [2.24, 2.45) is 0 Å². The largest absolute Gasteiger partial charge is 0.465 e. The molecule has 0 radical (unpaired) electrons. The van der Waals surface area contributed by atoms with Crippen LogP contribution in [-0.4, -0.2) is 61.3 Å². The van der Waals surface area contributed by atoms with E-state index in [0.29, 0.717) is 12.6 Å². The maximum absolute atomic E-state index is 14.2. The molecule has 0 aromatic heterocycles. The molecule has 1 aromatic carbocycles. The number of hydrogen-bond acceptors (Lipinski definition) is 6. The molecule has 2 rings (SSSR count). The fraction of sp³-hybridized carbons (Fsp3) is 0.550. The summed E-state index contributed by atoms with van der Waals surface area (Å²) in [4.78, 5) is 37.3. The van der Waals surface area contributed by atoms with E-state index in [4.69, 9.17) is 9.47 Å². The van der Waals surface area contributed by atoms with E-state index >= 15 is 0 Å². The third kappa shape index (κ3) is 5.71. The summed E-state index contributed by atoms with van der Waals surface area (Å²) in [5, 5.41) is 0. The molecule has 1 atom stereocenters. The first-order valence-electron chi connectivity index (χ1n) is 9.33. The fourth-order valence-corrected chi connectivity index (χ4v) is 2.91. The second-order valence-corrected chi connectivity index (χ2v) is 7.78. The van der Waals surface area contributed by atoms with Crippen LogP contribution in [0.5, 0.6) is 0 Å². The zero-order valence-electron chi connectivity index (χ0n) is 17.2. The molecule has 0 unspecified atom stereocenters. The highest BCUT2D eigenvalue weighted by Crippen LogP contribution is 2.24. The highest BCUT2D eigenvalue weighted by atomic mass is 19.2. The Morgan fingerprint density at radius 3 is 2.47 bits per heavy atom. The first kappa shape index (κ1) is 23.7. The first-order valence-corrected chi connectivity index (χ1v) is 9.33. The van der Waals surface area contributed by atoms with Gasteiger partial charge in [0.15, 0.2) is 17.4 Å². The van der Waals surface area contributed by atoms with Crippen molar-refractivity contribution in [2.75, 3.05) is 26.8 Å². The van der Waals surface area contributed by atoms with Crippen LogP contribution in [0, 0.1) is 17.5 Å². The number of hydrogen-bond donors (Lipinski definition) is 0. The van der Waals surface area contributed by atoms with Gasteiger partial charge < -0.3 is 19.1 Å². The van der Waals surface area contributed by atoms with Crippen molar-refractivity contribution in [3.8, 4) is 0 Å². The summed E-state index contributed by atoms with van der Waals surface area (Å²) >= 11 is 0. The zero-order chi connectivity index (χ0) is 22.6. The lowest BCUT2D eigenvalue weighted by molar-refractivity contribution is -0.0443. The van der Waals surface area contributed by atoms with Crippen LogP contribution in [0.1, 0.15) is 54.3 Å². The summed E-state index contributed by atoms with van der Waals surface area (Å²) in [5.74, 6) is -7.02. The summed E-state index contributed by atoms with van der Waals surface area (Å²) in [6.07, 6.45) is -1.38. The Bertz CT molecular complexity index is 837. The lowest BCUT2D eigenvalue weighted by Gasteiger charge is -2.34.